The standard InChI is InChI=1S/C8H15ClO/c1-7(2)10-5-4-8(3)6-9/h4,7H,5-6H2,1-3H3/b8-4-. The van der Waals surface area contributed by atoms with Crippen molar-refractivity contribution >= 4 is 11.6 Å². The molecule has 0 aromatic rings. The summed E-state index contributed by atoms with van der Waals surface area (Å²) in [4.78, 5) is 0. The average Bonchev–Trinajstić information content (AvgIpc) is 1.87. The van der Waals surface area contributed by atoms with Gasteiger partial charge in [-0.25, -0.2) is 0 Å². The second kappa shape index (κ2) is 5.75. The molecule has 0 rings (SSSR count). The molecule has 10 heavy (non-hydrogen) atoms. The molecule has 0 saturated carbocycles. The van der Waals surface area contributed by atoms with E-state index in [4.69, 9.17) is 16.3 Å². The Balaban J connectivity index is 3.34. The van der Waals surface area contributed by atoms with Crippen LogP contribution in [0, 0.1) is 0 Å². The Morgan fingerprint density at radius 2 is 2.20 bits per heavy atom. The van der Waals surface area contributed by atoms with E-state index in [9.17, 15) is 0 Å². The summed E-state index contributed by atoms with van der Waals surface area (Å²) in [7, 11) is 0. The minimum absolute atomic E-state index is 0.305. The van der Waals surface area contributed by atoms with Crippen molar-refractivity contribution in [1.29, 1.82) is 0 Å². The van der Waals surface area contributed by atoms with Gasteiger partial charge in [-0.3, -0.25) is 0 Å². The van der Waals surface area contributed by atoms with Gasteiger partial charge < -0.3 is 4.74 Å². The summed E-state index contributed by atoms with van der Waals surface area (Å²) in [5.74, 6) is 0.599. The van der Waals surface area contributed by atoms with Gasteiger partial charge in [-0.1, -0.05) is 11.6 Å². The zero-order valence-electron chi connectivity index (χ0n) is 6.86. The summed E-state index contributed by atoms with van der Waals surface area (Å²) in [6.07, 6.45) is 2.31. The highest BCUT2D eigenvalue weighted by atomic mass is 35.5. The van der Waals surface area contributed by atoms with Gasteiger partial charge in [0.25, 0.3) is 0 Å². The quantitative estimate of drug-likeness (QED) is 0.456. The average molecular weight is 163 g/mol. The van der Waals surface area contributed by atoms with Crippen molar-refractivity contribution in [2.24, 2.45) is 0 Å². The molecule has 0 atom stereocenters. The summed E-state index contributed by atoms with van der Waals surface area (Å²) < 4.78 is 5.28. The lowest BCUT2D eigenvalue weighted by atomic mass is 10.3. The number of ether oxygens (including phenoxy) is 1. The number of allylic oxidation sites excluding steroid dienone is 1. The van der Waals surface area contributed by atoms with E-state index >= 15 is 0 Å². The van der Waals surface area contributed by atoms with Crippen LogP contribution in [0.15, 0.2) is 11.6 Å². The first-order valence-electron chi connectivity index (χ1n) is 3.50. The Morgan fingerprint density at radius 3 is 2.60 bits per heavy atom. The lowest BCUT2D eigenvalue weighted by Gasteiger charge is -2.03. The van der Waals surface area contributed by atoms with Crippen molar-refractivity contribution in [2.45, 2.75) is 26.9 Å². The maximum Gasteiger partial charge on any atom is 0.0653 e. The molecule has 0 amide bonds. The van der Waals surface area contributed by atoms with Gasteiger partial charge in [0.1, 0.15) is 0 Å². The molecule has 1 nitrogen and oxygen atoms in total. The van der Waals surface area contributed by atoms with Crippen LogP contribution in [0.3, 0.4) is 0 Å². The third-order valence-electron chi connectivity index (χ3n) is 1.07. The molecule has 60 valence electrons. The van der Waals surface area contributed by atoms with Gasteiger partial charge in [0.15, 0.2) is 0 Å². The summed E-state index contributed by atoms with van der Waals surface area (Å²) in [6, 6.07) is 0. The molecule has 0 aromatic carbocycles. The zero-order valence-corrected chi connectivity index (χ0v) is 7.61. The van der Waals surface area contributed by atoms with Crippen molar-refractivity contribution in [2.75, 3.05) is 12.5 Å². The molecule has 0 saturated heterocycles. The predicted molar refractivity (Wildman–Crippen MR) is 45.6 cm³/mol. The first-order chi connectivity index (χ1) is 4.66. The molecule has 0 heterocycles. The van der Waals surface area contributed by atoms with Crippen LogP contribution in [0.5, 0.6) is 0 Å². The molecule has 0 radical (unpaired) electrons. The van der Waals surface area contributed by atoms with Crippen LogP contribution in [0.2, 0.25) is 0 Å². The smallest absolute Gasteiger partial charge is 0.0653 e. The third kappa shape index (κ3) is 6.12. The second-order valence-electron chi connectivity index (χ2n) is 2.57. The van der Waals surface area contributed by atoms with Crippen molar-refractivity contribution < 1.29 is 4.74 Å². The van der Waals surface area contributed by atoms with Crippen LogP contribution in [0.1, 0.15) is 20.8 Å². The summed E-state index contributed by atoms with van der Waals surface area (Å²) in [5.41, 5.74) is 1.17. The molecular weight excluding hydrogens is 148 g/mol. The van der Waals surface area contributed by atoms with Gasteiger partial charge in [-0.05, 0) is 20.8 Å². The zero-order chi connectivity index (χ0) is 7.98. The largest absolute Gasteiger partial charge is 0.375 e. The number of alkyl halides is 1. The van der Waals surface area contributed by atoms with Crippen molar-refractivity contribution in [3.8, 4) is 0 Å². The van der Waals surface area contributed by atoms with Gasteiger partial charge in [-0.15, -0.1) is 11.6 Å². The van der Waals surface area contributed by atoms with Crippen LogP contribution < -0.4 is 0 Å². The molecule has 0 unspecified atom stereocenters. The Bertz CT molecular complexity index is 108. The highest BCUT2D eigenvalue weighted by Crippen LogP contribution is 1.96. The van der Waals surface area contributed by atoms with E-state index in [2.05, 4.69) is 0 Å². The van der Waals surface area contributed by atoms with Crippen LogP contribution in [-0.4, -0.2) is 18.6 Å². The molecular formula is C8H15ClO. The predicted octanol–water partition coefficient (Wildman–Crippen LogP) is 2.60. The van der Waals surface area contributed by atoms with E-state index in [-0.39, 0.29) is 0 Å². The van der Waals surface area contributed by atoms with Crippen LogP contribution in [-0.2, 0) is 4.74 Å². The van der Waals surface area contributed by atoms with Gasteiger partial charge in [0.2, 0.25) is 0 Å². The Labute approximate surface area is 68.0 Å². The van der Waals surface area contributed by atoms with E-state index in [1.807, 2.05) is 26.8 Å². The van der Waals surface area contributed by atoms with Crippen LogP contribution in [0.25, 0.3) is 0 Å². The van der Waals surface area contributed by atoms with E-state index in [1.165, 1.54) is 5.57 Å². The van der Waals surface area contributed by atoms with Crippen molar-refractivity contribution in [3.05, 3.63) is 11.6 Å². The van der Waals surface area contributed by atoms with E-state index < -0.39 is 0 Å². The lowest BCUT2D eigenvalue weighted by molar-refractivity contribution is 0.102. The first-order valence-corrected chi connectivity index (χ1v) is 4.03. The third-order valence-corrected chi connectivity index (χ3v) is 1.49. The van der Waals surface area contributed by atoms with Gasteiger partial charge in [0, 0.05) is 5.88 Å². The monoisotopic (exact) mass is 162 g/mol. The number of halogens is 1. The number of rotatable bonds is 4. The molecule has 0 bridgehead atoms. The summed E-state index contributed by atoms with van der Waals surface area (Å²) in [5, 5.41) is 0. The second-order valence-corrected chi connectivity index (χ2v) is 2.83. The molecule has 0 aliphatic carbocycles. The maximum absolute atomic E-state index is 5.54. The Hall–Kier alpha value is -0.0100. The highest BCUT2D eigenvalue weighted by molar-refractivity contribution is 6.19. The molecule has 0 aromatic heterocycles. The highest BCUT2D eigenvalue weighted by Gasteiger charge is 1.89. The Morgan fingerprint density at radius 1 is 1.60 bits per heavy atom. The molecule has 0 N–H and O–H groups in total. The SMILES string of the molecule is C/C(=C/COC(C)C)CCl. The Kier molecular flexibility index (Phi) is 5.74. The summed E-state index contributed by atoms with van der Waals surface area (Å²) in [6.45, 7) is 6.71. The van der Waals surface area contributed by atoms with Crippen molar-refractivity contribution in [1.82, 2.24) is 0 Å². The fraction of sp³-hybridized carbons (Fsp3) is 0.750. The van der Waals surface area contributed by atoms with Crippen LogP contribution in [0.4, 0.5) is 0 Å². The molecule has 0 aliphatic heterocycles. The van der Waals surface area contributed by atoms with E-state index in [0.717, 1.165) is 0 Å². The number of hydrogen-bond donors (Lipinski definition) is 0. The van der Waals surface area contributed by atoms with E-state index in [1.54, 1.807) is 0 Å². The molecule has 2 heteroatoms. The fourth-order valence-corrected chi connectivity index (χ4v) is 0.546. The first kappa shape index (κ1) is 9.99. The van der Waals surface area contributed by atoms with E-state index in [0.29, 0.717) is 18.6 Å². The molecule has 0 aliphatic rings. The van der Waals surface area contributed by atoms with Crippen molar-refractivity contribution in [3.63, 3.8) is 0 Å². The van der Waals surface area contributed by atoms with Crippen LogP contribution >= 0.6 is 11.6 Å². The normalized spacial score (nSPS) is 12.7. The lowest BCUT2D eigenvalue weighted by Crippen LogP contribution is -2.02. The van der Waals surface area contributed by atoms with Gasteiger partial charge in [-0.2, -0.15) is 0 Å². The van der Waals surface area contributed by atoms with Gasteiger partial charge in [0.05, 0.1) is 12.7 Å². The number of hydrogen-bond acceptors (Lipinski definition) is 1. The van der Waals surface area contributed by atoms with Gasteiger partial charge >= 0.3 is 0 Å². The summed E-state index contributed by atoms with van der Waals surface area (Å²) >= 11 is 5.54. The topological polar surface area (TPSA) is 9.23 Å². The molecule has 0 spiro atoms. The fourth-order valence-electron chi connectivity index (χ4n) is 0.437. The maximum atomic E-state index is 5.54. The minimum atomic E-state index is 0.305. The molecule has 0 fully saturated rings. The minimum Gasteiger partial charge on any atom is -0.375 e.